The summed E-state index contributed by atoms with van der Waals surface area (Å²) < 4.78 is 7.03. The lowest BCUT2D eigenvalue weighted by Crippen LogP contribution is -2.61. The number of amides is 1. The number of morpholine rings is 1. The third-order valence-corrected chi connectivity index (χ3v) is 7.63. The van der Waals surface area contributed by atoms with Crippen LogP contribution in [0.1, 0.15) is 38.4 Å². The van der Waals surface area contributed by atoms with Gasteiger partial charge in [0.15, 0.2) is 0 Å². The van der Waals surface area contributed by atoms with E-state index >= 15 is 0 Å². The Bertz CT molecular complexity index is 786. The fraction of sp³-hybridized carbons (Fsp3) is 0.857. The van der Waals surface area contributed by atoms with E-state index in [9.17, 15) is 9.59 Å². The molecule has 9 nitrogen and oxygen atoms in total. The smallest absolute Gasteiger partial charge is 0.343 e. The first-order valence-corrected chi connectivity index (χ1v) is 11.5. The lowest BCUT2D eigenvalue weighted by molar-refractivity contribution is -0.144. The number of aromatic amines is 1. The number of fused-ring (bicyclic) bond motifs is 1. The second-order valence-electron chi connectivity index (χ2n) is 9.10. The zero-order valence-electron chi connectivity index (χ0n) is 18.4. The summed E-state index contributed by atoms with van der Waals surface area (Å²) in [6.07, 6.45) is 4.78. The number of carbonyl (C=O) groups is 1. The molecular formula is C21H36N6O3. The Hall–Kier alpha value is -1.71. The van der Waals surface area contributed by atoms with E-state index in [0.29, 0.717) is 30.7 Å². The largest absolute Gasteiger partial charge is 0.379 e. The van der Waals surface area contributed by atoms with Gasteiger partial charge in [0, 0.05) is 45.7 Å². The average molecular weight is 421 g/mol. The Morgan fingerprint density at radius 1 is 1.30 bits per heavy atom. The van der Waals surface area contributed by atoms with Crippen LogP contribution in [0.3, 0.4) is 0 Å². The van der Waals surface area contributed by atoms with Crippen LogP contribution in [0.15, 0.2) is 4.79 Å². The molecule has 30 heavy (non-hydrogen) atoms. The van der Waals surface area contributed by atoms with Gasteiger partial charge < -0.3 is 15.0 Å². The second-order valence-corrected chi connectivity index (χ2v) is 9.10. The van der Waals surface area contributed by atoms with Crippen molar-refractivity contribution in [1.82, 2.24) is 29.9 Å². The molecule has 4 rings (SSSR count). The number of nitrogens with one attached hydrogen (secondary N) is 2. The first-order chi connectivity index (χ1) is 14.5. The lowest BCUT2D eigenvalue weighted by Gasteiger charge is -2.53. The number of likely N-dealkylation sites (tertiary alicyclic amines) is 1. The molecule has 1 aromatic rings. The summed E-state index contributed by atoms with van der Waals surface area (Å²) in [5.74, 6) is 1.28. The van der Waals surface area contributed by atoms with Gasteiger partial charge in [-0.2, -0.15) is 5.10 Å². The van der Waals surface area contributed by atoms with Crippen molar-refractivity contribution >= 4 is 5.91 Å². The van der Waals surface area contributed by atoms with E-state index in [1.807, 2.05) is 0 Å². The summed E-state index contributed by atoms with van der Waals surface area (Å²) in [7, 11) is 1.70. The first kappa shape index (κ1) is 21.5. The zero-order chi connectivity index (χ0) is 21.1. The van der Waals surface area contributed by atoms with Crippen molar-refractivity contribution in [1.29, 1.82) is 0 Å². The van der Waals surface area contributed by atoms with Gasteiger partial charge in [0.05, 0.1) is 18.6 Å². The molecule has 2 saturated heterocycles. The number of hydrogen-bond donors (Lipinski definition) is 2. The lowest BCUT2D eigenvalue weighted by atomic mass is 9.61. The molecule has 1 aromatic heterocycles. The summed E-state index contributed by atoms with van der Waals surface area (Å²) >= 11 is 0. The van der Waals surface area contributed by atoms with E-state index in [1.165, 1.54) is 4.57 Å². The molecule has 1 amide bonds. The first-order valence-electron chi connectivity index (χ1n) is 11.5. The fourth-order valence-electron chi connectivity index (χ4n) is 5.70. The van der Waals surface area contributed by atoms with E-state index in [0.717, 1.165) is 71.6 Å². The minimum Gasteiger partial charge on any atom is -0.379 e. The molecule has 2 N–H and O–H groups in total. The number of rotatable bonds is 6. The maximum Gasteiger partial charge on any atom is 0.343 e. The molecule has 3 aliphatic rings. The van der Waals surface area contributed by atoms with Crippen LogP contribution in [-0.4, -0.2) is 89.0 Å². The Kier molecular flexibility index (Phi) is 6.60. The Morgan fingerprint density at radius 2 is 2.10 bits per heavy atom. The standard InChI is InChI=1S/C21H36N6O3/c1-3-26-9-6-16-14-17(27-10-12-30-13-11-27)4-7-21(16,15-26)19(28)22-8-5-18-23-24-20(29)25(18)2/h16-17H,3-15H2,1-2H3,(H,22,28)(H,24,29)/t16-,17+,21-/m1/s1. The molecule has 2 aliphatic heterocycles. The number of carbonyl (C=O) groups excluding carboxylic acids is 1. The Morgan fingerprint density at radius 3 is 2.80 bits per heavy atom. The van der Waals surface area contributed by atoms with Crippen molar-refractivity contribution in [3.8, 4) is 0 Å². The number of hydrogen-bond acceptors (Lipinski definition) is 6. The van der Waals surface area contributed by atoms with E-state index in [4.69, 9.17) is 4.74 Å². The molecule has 3 fully saturated rings. The molecule has 0 radical (unpaired) electrons. The number of H-pyrrole nitrogens is 1. The fourth-order valence-corrected chi connectivity index (χ4v) is 5.70. The predicted octanol–water partition coefficient (Wildman–Crippen LogP) is -0.0200. The molecule has 1 saturated carbocycles. The van der Waals surface area contributed by atoms with Gasteiger partial charge in [-0.05, 0) is 44.7 Å². The maximum absolute atomic E-state index is 13.5. The van der Waals surface area contributed by atoms with Crippen LogP contribution in [0.2, 0.25) is 0 Å². The van der Waals surface area contributed by atoms with Crippen LogP contribution in [0.4, 0.5) is 0 Å². The van der Waals surface area contributed by atoms with Crippen molar-refractivity contribution < 1.29 is 9.53 Å². The van der Waals surface area contributed by atoms with Crippen LogP contribution in [0.25, 0.3) is 0 Å². The molecule has 3 heterocycles. The highest BCUT2D eigenvalue weighted by Gasteiger charge is 2.52. The van der Waals surface area contributed by atoms with Gasteiger partial charge in [-0.3, -0.25) is 14.3 Å². The molecule has 9 heteroatoms. The normalized spacial score (nSPS) is 30.7. The zero-order valence-corrected chi connectivity index (χ0v) is 18.4. The van der Waals surface area contributed by atoms with E-state index < -0.39 is 0 Å². The highest BCUT2D eigenvalue weighted by Crippen LogP contribution is 2.47. The molecule has 3 atom stereocenters. The van der Waals surface area contributed by atoms with E-state index in [-0.39, 0.29) is 17.0 Å². The third kappa shape index (κ3) is 4.20. The highest BCUT2D eigenvalue weighted by atomic mass is 16.5. The minimum atomic E-state index is -0.297. The molecule has 168 valence electrons. The summed E-state index contributed by atoms with van der Waals surface area (Å²) in [6, 6.07) is 0.576. The van der Waals surface area contributed by atoms with Crippen molar-refractivity contribution in [3.63, 3.8) is 0 Å². The predicted molar refractivity (Wildman–Crippen MR) is 113 cm³/mol. The van der Waals surface area contributed by atoms with E-state index in [2.05, 4.69) is 32.2 Å². The number of ether oxygens (including phenoxy) is 1. The Labute approximate surface area is 178 Å². The van der Waals surface area contributed by atoms with Crippen molar-refractivity contribution in [2.75, 3.05) is 52.5 Å². The van der Waals surface area contributed by atoms with Crippen LogP contribution < -0.4 is 11.0 Å². The van der Waals surface area contributed by atoms with Gasteiger partial charge >= 0.3 is 5.69 Å². The number of aromatic nitrogens is 3. The topological polar surface area (TPSA) is 95.5 Å². The van der Waals surface area contributed by atoms with Gasteiger partial charge in [-0.25, -0.2) is 9.89 Å². The SMILES string of the molecule is CCN1CC[C@@H]2C[C@@H](N3CCOCC3)CC[C@@]2(C(=O)NCCc2n[nH]c(=O)n2C)C1. The highest BCUT2D eigenvalue weighted by molar-refractivity contribution is 5.83. The van der Waals surface area contributed by atoms with Crippen molar-refractivity contribution in [3.05, 3.63) is 16.3 Å². The van der Waals surface area contributed by atoms with Gasteiger partial charge in [0.2, 0.25) is 5.91 Å². The minimum absolute atomic E-state index is 0.187. The summed E-state index contributed by atoms with van der Waals surface area (Å²) in [5, 5.41) is 9.70. The Balaban J connectivity index is 1.42. The van der Waals surface area contributed by atoms with Crippen molar-refractivity contribution in [2.45, 2.75) is 45.1 Å². The van der Waals surface area contributed by atoms with Crippen LogP contribution >= 0.6 is 0 Å². The summed E-state index contributed by atoms with van der Waals surface area (Å²) in [6.45, 7) is 9.30. The number of piperidine rings is 1. The number of nitrogens with zero attached hydrogens (tertiary/aromatic N) is 4. The van der Waals surface area contributed by atoms with Crippen LogP contribution in [0.5, 0.6) is 0 Å². The second kappa shape index (κ2) is 9.20. The molecule has 1 aliphatic carbocycles. The quantitative estimate of drug-likeness (QED) is 0.672. The van der Waals surface area contributed by atoms with Gasteiger partial charge in [-0.1, -0.05) is 6.92 Å². The monoisotopic (exact) mass is 420 g/mol. The molecule has 0 spiro atoms. The van der Waals surface area contributed by atoms with Crippen LogP contribution in [0, 0.1) is 11.3 Å². The van der Waals surface area contributed by atoms with Gasteiger partial charge in [0.1, 0.15) is 5.82 Å². The van der Waals surface area contributed by atoms with E-state index in [1.54, 1.807) is 7.05 Å². The third-order valence-electron chi connectivity index (χ3n) is 7.63. The average Bonchev–Trinajstić information content (AvgIpc) is 3.11. The maximum atomic E-state index is 13.5. The molecule has 0 aromatic carbocycles. The van der Waals surface area contributed by atoms with Gasteiger partial charge in [0.25, 0.3) is 0 Å². The summed E-state index contributed by atoms with van der Waals surface area (Å²) in [4.78, 5) is 30.1. The van der Waals surface area contributed by atoms with Crippen molar-refractivity contribution in [2.24, 2.45) is 18.4 Å². The molecular weight excluding hydrogens is 384 g/mol. The van der Waals surface area contributed by atoms with Crippen LogP contribution in [-0.2, 0) is 23.0 Å². The van der Waals surface area contributed by atoms with Gasteiger partial charge in [-0.15, -0.1) is 0 Å². The molecule has 0 bridgehead atoms. The summed E-state index contributed by atoms with van der Waals surface area (Å²) in [5.41, 5.74) is -0.517. The molecule has 0 unspecified atom stereocenters.